The molecule has 0 heterocycles. The molecule has 1 rings (SSSR count). The molecule has 1 aromatic carbocycles. The Hall–Kier alpha value is -0.890. The summed E-state index contributed by atoms with van der Waals surface area (Å²) >= 11 is 5.81. The fraction of sp³-hybridized carbons (Fsp3) is 0.462. The second-order valence-corrected chi connectivity index (χ2v) is 6.06. The Kier molecular flexibility index (Phi) is 6.19. The van der Waals surface area contributed by atoms with Crippen molar-refractivity contribution in [2.24, 2.45) is 0 Å². The standard InChI is InChI=1S/C13H17ClNO4P/c1-4-17-20(16,18-5-2)19-13(3,10-15)11-6-8-12(14)9-7-11/h6-9H,4-5H2,1-3H3. The van der Waals surface area contributed by atoms with Crippen molar-refractivity contribution in [1.29, 1.82) is 5.26 Å². The third-order valence-corrected chi connectivity index (χ3v) is 4.47. The van der Waals surface area contributed by atoms with E-state index in [4.69, 9.17) is 25.2 Å². The van der Waals surface area contributed by atoms with Crippen molar-refractivity contribution in [3.05, 3.63) is 34.9 Å². The summed E-state index contributed by atoms with van der Waals surface area (Å²) in [5.41, 5.74) is -0.936. The van der Waals surface area contributed by atoms with Crippen LogP contribution in [-0.2, 0) is 23.7 Å². The Labute approximate surface area is 124 Å². The van der Waals surface area contributed by atoms with Crippen LogP contribution in [0.25, 0.3) is 0 Å². The zero-order valence-corrected chi connectivity index (χ0v) is 13.3. The van der Waals surface area contributed by atoms with Gasteiger partial charge in [0.25, 0.3) is 0 Å². The molecule has 1 unspecified atom stereocenters. The molecule has 1 atom stereocenters. The summed E-state index contributed by atoms with van der Waals surface area (Å²) in [5, 5.41) is 9.90. The summed E-state index contributed by atoms with van der Waals surface area (Å²) < 4.78 is 27.9. The maximum absolute atomic E-state index is 12.4. The van der Waals surface area contributed by atoms with Crippen LogP contribution >= 0.6 is 19.4 Å². The molecule has 0 aliphatic heterocycles. The molecule has 0 aromatic heterocycles. The zero-order valence-electron chi connectivity index (χ0n) is 11.6. The van der Waals surface area contributed by atoms with Crippen LogP contribution in [0.4, 0.5) is 0 Å². The highest BCUT2D eigenvalue weighted by Crippen LogP contribution is 2.54. The normalized spacial score (nSPS) is 14.6. The lowest BCUT2D eigenvalue weighted by atomic mass is 9.98. The Bertz CT molecular complexity index is 518. The van der Waals surface area contributed by atoms with Gasteiger partial charge in [0.2, 0.25) is 0 Å². The van der Waals surface area contributed by atoms with Gasteiger partial charge in [0, 0.05) is 5.02 Å². The summed E-state index contributed by atoms with van der Waals surface area (Å²) in [6.07, 6.45) is 0. The van der Waals surface area contributed by atoms with Crippen molar-refractivity contribution >= 4 is 19.4 Å². The molecular weight excluding hydrogens is 301 g/mol. The minimum Gasteiger partial charge on any atom is -0.287 e. The average molecular weight is 318 g/mol. The molecule has 20 heavy (non-hydrogen) atoms. The van der Waals surface area contributed by atoms with Gasteiger partial charge in [0.1, 0.15) is 6.07 Å². The van der Waals surface area contributed by atoms with Crippen molar-refractivity contribution in [3.63, 3.8) is 0 Å². The van der Waals surface area contributed by atoms with Gasteiger partial charge in [-0.05, 0) is 38.5 Å². The highest BCUT2D eigenvalue weighted by Gasteiger charge is 2.39. The smallest absolute Gasteiger partial charge is 0.287 e. The minimum absolute atomic E-state index is 0.152. The van der Waals surface area contributed by atoms with Gasteiger partial charge in [-0.3, -0.25) is 13.6 Å². The molecule has 0 amide bonds. The van der Waals surface area contributed by atoms with Crippen molar-refractivity contribution in [2.45, 2.75) is 26.4 Å². The Morgan fingerprint density at radius 3 is 2.15 bits per heavy atom. The lowest BCUT2D eigenvalue weighted by molar-refractivity contribution is 0.0555. The van der Waals surface area contributed by atoms with Crippen molar-refractivity contribution < 1.29 is 18.1 Å². The Morgan fingerprint density at radius 1 is 1.25 bits per heavy atom. The molecule has 0 bridgehead atoms. The molecule has 0 aliphatic rings. The molecular formula is C13H17ClNO4P. The van der Waals surface area contributed by atoms with E-state index in [2.05, 4.69) is 0 Å². The van der Waals surface area contributed by atoms with E-state index in [9.17, 15) is 9.83 Å². The van der Waals surface area contributed by atoms with Gasteiger partial charge in [0.05, 0.1) is 13.2 Å². The van der Waals surface area contributed by atoms with E-state index >= 15 is 0 Å². The van der Waals surface area contributed by atoms with E-state index < -0.39 is 13.4 Å². The average Bonchev–Trinajstić information content (AvgIpc) is 2.39. The molecule has 0 N–H and O–H groups in total. The van der Waals surface area contributed by atoms with Gasteiger partial charge in [-0.1, -0.05) is 23.7 Å². The van der Waals surface area contributed by atoms with Gasteiger partial charge in [-0.25, -0.2) is 4.57 Å². The number of nitrogens with zero attached hydrogens (tertiary/aromatic N) is 1. The van der Waals surface area contributed by atoms with Crippen LogP contribution in [0.15, 0.2) is 24.3 Å². The van der Waals surface area contributed by atoms with Gasteiger partial charge in [-0.15, -0.1) is 0 Å². The summed E-state index contributed by atoms with van der Waals surface area (Å²) in [6.45, 7) is 5.14. The van der Waals surface area contributed by atoms with Crippen LogP contribution in [0.2, 0.25) is 5.02 Å². The summed E-state index contributed by atoms with van der Waals surface area (Å²) in [5.74, 6) is 0. The molecule has 0 saturated carbocycles. The second kappa shape index (κ2) is 7.21. The largest absolute Gasteiger partial charge is 0.476 e. The highest BCUT2D eigenvalue weighted by atomic mass is 35.5. The first-order chi connectivity index (χ1) is 9.39. The maximum Gasteiger partial charge on any atom is 0.476 e. The molecule has 0 spiro atoms. The van der Waals surface area contributed by atoms with Crippen LogP contribution < -0.4 is 0 Å². The lowest BCUT2D eigenvalue weighted by Crippen LogP contribution is -2.23. The highest BCUT2D eigenvalue weighted by molar-refractivity contribution is 7.48. The van der Waals surface area contributed by atoms with Gasteiger partial charge in [-0.2, -0.15) is 5.26 Å². The quantitative estimate of drug-likeness (QED) is 0.702. The zero-order chi connectivity index (χ0) is 15.2. The van der Waals surface area contributed by atoms with Crippen LogP contribution in [0.1, 0.15) is 26.3 Å². The predicted octanol–water partition coefficient (Wildman–Crippen LogP) is 4.28. The number of hydrogen-bond acceptors (Lipinski definition) is 5. The van der Waals surface area contributed by atoms with E-state index in [1.165, 1.54) is 6.92 Å². The second-order valence-electron chi connectivity index (χ2n) is 4.03. The van der Waals surface area contributed by atoms with E-state index in [1.54, 1.807) is 38.1 Å². The van der Waals surface area contributed by atoms with E-state index in [0.29, 0.717) is 10.6 Å². The van der Waals surface area contributed by atoms with Gasteiger partial charge in [0.15, 0.2) is 5.60 Å². The van der Waals surface area contributed by atoms with E-state index in [1.807, 2.05) is 6.07 Å². The summed E-state index contributed by atoms with van der Waals surface area (Å²) in [4.78, 5) is 0. The van der Waals surface area contributed by atoms with Crippen LogP contribution in [-0.4, -0.2) is 13.2 Å². The van der Waals surface area contributed by atoms with Crippen molar-refractivity contribution in [2.75, 3.05) is 13.2 Å². The minimum atomic E-state index is -3.79. The fourth-order valence-corrected chi connectivity index (χ4v) is 3.07. The summed E-state index contributed by atoms with van der Waals surface area (Å²) in [7, 11) is -3.79. The first kappa shape index (κ1) is 17.2. The van der Waals surface area contributed by atoms with Gasteiger partial charge >= 0.3 is 7.82 Å². The topological polar surface area (TPSA) is 68.6 Å². The molecule has 0 aliphatic carbocycles. The number of hydrogen-bond donors (Lipinski definition) is 0. The molecule has 0 saturated heterocycles. The number of phosphoric ester groups is 1. The molecule has 1 aromatic rings. The molecule has 110 valence electrons. The summed E-state index contributed by atoms with van der Waals surface area (Å²) in [6, 6.07) is 8.51. The monoisotopic (exact) mass is 317 g/mol. The molecule has 7 heteroatoms. The number of phosphoric acid groups is 1. The lowest BCUT2D eigenvalue weighted by Gasteiger charge is -2.27. The molecule has 0 radical (unpaired) electrons. The predicted molar refractivity (Wildman–Crippen MR) is 76.4 cm³/mol. The SMILES string of the molecule is CCOP(=O)(OCC)OC(C)(C#N)c1ccc(Cl)cc1. The third kappa shape index (κ3) is 4.31. The fourth-order valence-electron chi connectivity index (χ4n) is 1.54. The van der Waals surface area contributed by atoms with E-state index in [-0.39, 0.29) is 13.2 Å². The number of rotatable bonds is 7. The van der Waals surface area contributed by atoms with E-state index in [0.717, 1.165) is 0 Å². The molecule has 5 nitrogen and oxygen atoms in total. The Morgan fingerprint density at radius 2 is 1.75 bits per heavy atom. The van der Waals surface area contributed by atoms with Crippen LogP contribution in [0.3, 0.4) is 0 Å². The van der Waals surface area contributed by atoms with Crippen LogP contribution in [0, 0.1) is 11.3 Å². The third-order valence-electron chi connectivity index (χ3n) is 2.48. The van der Waals surface area contributed by atoms with Gasteiger partial charge < -0.3 is 0 Å². The van der Waals surface area contributed by atoms with Crippen molar-refractivity contribution in [3.8, 4) is 6.07 Å². The first-order valence-electron chi connectivity index (χ1n) is 6.16. The number of halogens is 1. The number of benzene rings is 1. The Balaban J connectivity index is 3.08. The van der Waals surface area contributed by atoms with Crippen molar-refractivity contribution in [1.82, 2.24) is 0 Å². The first-order valence-corrected chi connectivity index (χ1v) is 8.00. The van der Waals surface area contributed by atoms with Crippen LogP contribution in [0.5, 0.6) is 0 Å². The number of nitriles is 1. The molecule has 0 fully saturated rings. The maximum atomic E-state index is 12.4.